The van der Waals surface area contributed by atoms with Crippen molar-refractivity contribution in [2.45, 2.75) is 13.1 Å². The van der Waals surface area contributed by atoms with Crippen LogP contribution in [0.15, 0.2) is 48.5 Å². The molecule has 0 radical (unpaired) electrons. The van der Waals surface area contributed by atoms with Crippen molar-refractivity contribution in [3.63, 3.8) is 0 Å². The van der Waals surface area contributed by atoms with E-state index in [9.17, 15) is 22.8 Å². The van der Waals surface area contributed by atoms with Gasteiger partial charge in [-0.05, 0) is 43.3 Å². The molecule has 0 bridgehead atoms. The minimum atomic E-state index is -4.57. The molecule has 0 saturated heterocycles. The number of rotatable bonds is 6. The SMILES string of the molecule is COC(=O)COc1cccc(C(=O)Nc2cc(C)nn2-c2cc(C(F)(F)F)ccc2Cl)c1. The fraction of sp³-hybridized carbons (Fsp3) is 0.190. The Hall–Kier alpha value is -3.53. The molecule has 0 saturated carbocycles. The summed E-state index contributed by atoms with van der Waals surface area (Å²) in [5.41, 5.74) is -0.310. The topological polar surface area (TPSA) is 82.4 Å². The number of nitrogens with one attached hydrogen (secondary N) is 1. The molecular weight excluding hydrogens is 451 g/mol. The zero-order valence-electron chi connectivity index (χ0n) is 16.9. The van der Waals surface area contributed by atoms with E-state index < -0.39 is 23.6 Å². The van der Waals surface area contributed by atoms with Crippen LogP contribution in [0.4, 0.5) is 19.0 Å². The van der Waals surface area contributed by atoms with E-state index in [4.69, 9.17) is 16.3 Å². The number of carbonyl (C=O) groups is 2. The smallest absolute Gasteiger partial charge is 0.416 e. The predicted octanol–water partition coefficient (Wildman–Crippen LogP) is 4.66. The van der Waals surface area contributed by atoms with Gasteiger partial charge in [-0.3, -0.25) is 4.79 Å². The lowest BCUT2D eigenvalue weighted by Gasteiger charge is -2.13. The fourth-order valence-corrected chi connectivity index (χ4v) is 2.94. The largest absolute Gasteiger partial charge is 0.482 e. The number of aromatic nitrogens is 2. The molecule has 1 amide bonds. The lowest BCUT2D eigenvalue weighted by molar-refractivity contribution is -0.143. The maximum absolute atomic E-state index is 13.1. The van der Waals surface area contributed by atoms with Crippen LogP contribution in [0.25, 0.3) is 5.69 Å². The van der Waals surface area contributed by atoms with E-state index in [1.165, 1.54) is 25.3 Å². The van der Waals surface area contributed by atoms with E-state index >= 15 is 0 Å². The molecule has 3 rings (SSSR count). The molecule has 0 fully saturated rings. The van der Waals surface area contributed by atoms with Crippen LogP contribution in [0.5, 0.6) is 5.75 Å². The monoisotopic (exact) mass is 467 g/mol. The Morgan fingerprint density at radius 3 is 2.59 bits per heavy atom. The maximum Gasteiger partial charge on any atom is 0.416 e. The molecule has 0 atom stereocenters. The van der Waals surface area contributed by atoms with Gasteiger partial charge >= 0.3 is 12.1 Å². The summed E-state index contributed by atoms with van der Waals surface area (Å²) in [5, 5.41) is 6.79. The van der Waals surface area contributed by atoms with Crippen LogP contribution in [0, 0.1) is 6.92 Å². The van der Waals surface area contributed by atoms with E-state index in [1.807, 2.05) is 0 Å². The third-order valence-electron chi connectivity index (χ3n) is 4.26. The Kier molecular flexibility index (Phi) is 6.73. The third-order valence-corrected chi connectivity index (χ3v) is 4.57. The van der Waals surface area contributed by atoms with E-state index in [0.717, 1.165) is 22.9 Å². The molecular formula is C21H17ClF3N3O4. The Labute approximate surface area is 185 Å². The van der Waals surface area contributed by atoms with Crippen molar-refractivity contribution in [3.8, 4) is 11.4 Å². The van der Waals surface area contributed by atoms with Crippen molar-refractivity contribution in [1.29, 1.82) is 0 Å². The molecule has 1 N–H and O–H groups in total. The van der Waals surface area contributed by atoms with Crippen molar-refractivity contribution < 1.29 is 32.2 Å². The molecule has 0 aliphatic rings. The maximum atomic E-state index is 13.1. The number of nitrogens with zero attached hydrogens (tertiary/aromatic N) is 2. The highest BCUT2D eigenvalue weighted by atomic mass is 35.5. The first-order valence-corrected chi connectivity index (χ1v) is 9.51. The molecule has 1 heterocycles. The van der Waals surface area contributed by atoms with Gasteiger partial charge in [0.15, 0.2) is 6.61 Å². The summed E-state index contributed by atoms with van der Waals surface area (Å²) in [5.74, 6) is -0.779. The summed E-state index contributed by atoms with van der Waals surface area (Å²) in [6.45, 7) is 1.29. The van der Waals surface area contributed by atoms with Crippen molar-refractivity contribution in [2.24, 2.45) is 0 Å². The van der Waals surface area contributed by atoms with Crippen LogP contribution in [0.1, 0.15) is 21.6 Å². The van der Waals surface area contributed by atoms with Crippen molar-refractivity contribution in [1.82, 2.24) is 9.78 Å². The summed E-state index contributed by atoms with van der Waals surface area (Å²) >= 11 is 6.11. The number of alkyl halides is 3. The Morgan fingerprint density at radius 1 is 1.16 bits per heavy atom. The summed E-state index contributed by atoms with van der Waals surface area (Å²) in [4.78, 5) is 24.0. The Morgan fingerprint density at radius 2 is 1.91 bits per heavy atom. The number of anilines is 1. The molecule has 2 aromatic carbocycles. The van der Waals surface area contributed by atoms with Gasteiger partial charge in [0, 0.05) is 11.6 Å². The second-order valence-corrected chi connectivity index (χ2v) is 7.00. The molecule has 32 heavy (non-hydrogen) atoms. The summed E-state index contributed by atoms with van der Waals surface area (Å²) < 4.78 is 50.3. The highest BCUT2D eigenvalue weighted by Crippen LogP contribution is 2.34. The number of hydrogen-bond donors (Lipinski definition) is 1. The van der Waals surface area contributed by atoms with Gasteiger partial charge in [0.2, 0.25) is 0 Å². The van der Waals surface area contributed by atoms with E-state index in [-0.39, 0.29) is 34.4 Å². The highest BCUT2D eigenvalue weighted by molar-refractivity contribution is 6.32. The number of halogens is 4. The lowest BCUT2D eigenvalue weighted by atomic mass is 10.2. The van der Waals surface area contributed by atoms with Gasteiger partial charge in [0.05, 0.1) is 29.1 Å². The fourth-order valence-electron chi connectivity index (χ4n) is 2.74. The molecule has 0 aliphatic carbocycles. The van der Waals surface area contributed by atoms with Gasteiger partial charge < -0.3 is 14.8 Å². The van der Waals surface area contributed by atoms with Crippen LogP contribution >= 0.6 is 11.6 Å². The molecule has 0 unspecified atom stereocenters. The van der Waals surface area contributed by atoms with Crippen molar-refractivity contribution >= 4 is 29.3 Å². The number of ether oxygens (including phenoxy) is 2. The summed E-state index contributed by atoms with van der Waals surface area (Å²) in [7, 11) is 1.22. The zero-order chi connectivity index (χ0) is 23.5. The molecule has 3 aromatic rings. The van der Waals surface area contributed by atoms with E-state index in [1.54, 1.807) is 19.1 Å². The van der Waals surface area contributed by atoms with Gasteiger partial charge in [-0.25, -0.2) is 9.48 Å². The van der Waals surface area contributed by atoms with Crippen LogP contribution < -0.4 is 10.1 Å². The summed E-state index contributed by atoms with van der Waals surface area (Å²) in [6.07, 6.45) is -4.57. The first-order valence-electron chi connectivity index (χ1n) is 9.13. The quantitative estimate of drug-likeness (QED) is 0.533. The second-order valence-electron chi connectivity index (χ2n) is 6.59. The molecule has 168 valence electrons. The average molecular weight is 468 g/mol. The number of aryl methyl sites for hydroxylation is 1. The van der Waals surface area contributed by atoms with Crippen molar-refractivity contribution in [2.75, 3.05) is 19.0 Å². The Balaban J connectivity index is 1.88. The highest BCUT2D eigenvalue weighted by Gasteiger charge is 2.31. The van der Waals surface area contributed by atoms with Crippen LogP contribution in [-0.2, 0) is 15.7 Å². The molecule has 0 aliphatic heterocycles. The molecule has 0 spiro atoms. The van der Waals surface area contributed by atoms with Gasteiger partial charge in [-0.2, -0.15) is 18.3 Å². The number of hydrogen-bond acceptors (Lipinski definition) is 5. The zero-order valence-corrected chi connectivity index (χ0v) is 17.6. The van der Waals surface area contributed by atoms with Gasteiger partial charge in [0.25, 0.3) is 5.91 Å². The minimum Gasteiger partial charge on any atom is -0.482 e. The average Bonchev–Trinajstić information content (AvgIpc) is 3.11. The van der Waals surface area contributed by atoms with Gasteiger partial charge in [-0.1, -0.05) is 17.7 Å². The second kappa shape index (κ2) is 9.31. The molecule has 1 aromatic heterocycles. The first kappa shape index (κ1) is 23.1. The standard InChI is InChI=1S/C21H17ClF3N3O4/c1-12-8-18(28(27-12)17-10-14(21(23,24)25)6-7-16(17)22)26-20(30)13-4-3-5-15(9-13)32-11-19(29)31-2/h3-10H,11H2,1-2H3,(H,26,30). The first-order chi connectivity index (χ1) is 15.1. The van der Waals surface area contributed by atoms with Gasteiger partial charge in [0.1, 0.15) is 11.6 Å². The van der Waals surface area contributed by atoms with Crippen LogP contribution in [0.3, 0.4) is 0 Å². The number of amides is 1. The number of esters is 1. The minimum absolute atomic E-state index is 0.0230. The van der Waals surface area contributed by atoms with Crippen LogP contribution in [-0.4, -0.2) is 35.4 Å². The predicted molar refractivity (Wildman–Crippen MR) is 110 cm³/mol. The lowest BCUT2D eigenvalue weighted by Crippen LogP contribution is -2.16. The Bertz CT molecular complexity index is 1160. The normalized spacial score (nSPS) is 11.2. The van der Waals surface area contributed by atoms with Gasteiger partial charge in [-0.15, -0.1) is 0 Å². The molecule has 11 heteroatoms. The number of methoxy groups -OCH3 is 1. The number of carbonyl (C=O) groups excluding carboxylic acids is 2. The van der Waals surface area contributed by atoms with Crippen molar-refractivity contribution in [3.05, 3.63) is 70.4 Å². The van der Waals surface area contributed by atoms with Crippen LogP contribution in [0.2, 0.25) is 5.02 Å². The summed E-state index contributed by atoms with van der Waals surface area (Å²) in [6, 6.07) is 10.3. The van der Waals surface area contributed by atoms with E-state index in [2.05, 4.69) is 15.2 Å². The van der Waals surface area contributed by atoms with E-state index in [0.29, 0.717) is 5.69 Å². The molecule has 7 nitrogen and oxygen atoms in total. The third kappa shape index (κ3) is 5.38. The number of benzene rings is 2.